The van der Waals surface area contributed by atoms with Crippen molar-refractivity contribution in [2.24, 2.45) is 0 Å². The molecule has 4 nitrogen and oxygen atoms in total. The number of benzene rings is 1. The Bertz CT molecular complexity index is 412. The second kappa shape index (κ2) is 7.46. The van der Waals surface area contributed by atoms with E-state index in [0.717, 1.165) is 0 Å². The first-order valence-electron chi connectivity index (χ1n) is 5.31. The van der Waals surface area contributed by atoms with Crippen molar-refractivity contribution in [3.8, 4) is 5.75 Å². The molecule has 0 aliphatic rings. The number of ether oxygens (including phenoxy) is 2. The fourth-order valence-corrected chi connectivity index (χ4v) is 1.79. The van der Waals surface area contributed by atoms with Crippen LogP contribution in [0.25, 0.3) is 0 Å². The zero-order chi connectivity index (χ0) is 13.5. The number of amides is 1. The topological polar surface area (TPSA) is 47.6 Å². The lowest BCUT2D eigenvalue weighted by atomic mass is 10.1. The Labute approximate surface area is 116 Å². The molecule has 6 heteroatoms. The van der Waals surface area contributed by atoms with E-state index in [-0.39, 0.29) is 17.8 Å². The summed E-state index contributed by atoms with van der Waals surface area (Å²) in [6.07, 6.45) is 0. The van der Waals surface area contributed by atoms with E-state index in [1.807, 2.05) is 0 Å². The molecule has 0 fully saturated rings. The minimum Gasteiger partial charge on any atom is -0.496 e. The van der Waals surface area contributed by atoms with E-state index in [9.17, 15) is 4.79 Å². The van der Waals surface area contributed by atoms with Gasteiger partial charge in [0.05, 0.1) is 25.3 Å². The van der Waals surface area contributed by atoms with Gasteiger partial charge in [-0.25, -0.2) is 0 Å². The maximum Gasteiger partial charge on any atom is 0.255 e. The molecule has 1 aromatic carbocycles. The summed E-state index contributed by atoms with van der Waals surface area (Å²) in [7, 11) is 3.04. The van der Waals surface area contributed by atoms with E-state index in [0.29, 0.717) is 22.9 Å². The zero-order valence-corrected chi connectivity index (χ0v) is 11.7. The summed E-state index contributed by atoms with van der Waals surface area (Å²) in [5.41, 5.74) is 0.371. The van der Waals surface area contributed by atoms with Gasteiger partial charge in [-0.15, -0.1) is 11.6 Å². The van der Waals surface area contributed by atoms with Gasteiger partial charge >= 0.3 is 0 Å². The van der Waals surface area contributed by atoms with E-state index in [1.54, 1.807) is 25.3 Å². The number of methoxy groups -OCH3 is 2. The monoisotopic (exact) mass is 291 g/mol. The number of nitrogens with one attached hydrogen (secondary N) is 1. The van der Waals surface area contributed by atoms with E-state index in [2.05, 4.69) is 5.32 Å². The first-order valence-corrected chi connectivity index (χ1v) is 6.23. The van der Waals surface area contributed by atoms with Crippen molar-refractivity contribution >= 4 is 29.1 Å². The molecule has 0 aliphatic carbocycles. The molecule has 0 saturated heterocycles. The third kappa shape index (κ3) is 4.05. The van der Waals surface area contributed by atoms with Crippen LogP contribution in [0.2, 0.25) is 5.02 Å². The number of carbonyl (C=O) groups excluding carboxylic acids is 1. The fourth-order valence-electron chi connectivity index (χ4n) is 1.45. The number of hydrogen-bond acceptors (Lipinski definition) is 3. The predicted octanol–water partition coefficient (Wildman–Crippen LogP) is 2.33. The van der Waals surface area contributed by atoms with Gasteiger partial charge in [0.25, 0.3) is 5.91 Å². The van der Waals surface area contributed by atoms with Crippen LogP contribution in [0.3, 0.4) is 0 Å². The van der Waals surface area contributed by atoms with E-state index in [1.165, 1.54) is 7.11 Å². The largest absolute Gasteiger partial charge is 0.496 e. The molecule has 0 spiro atoms. The van der Waals surface area contributed by atoms with Gasteiger partial charge in [0.2, 0.25) is 0 Å². The van der Waals surface area contributed by atoms with Crippen molar-refractivity contribution in [2.75, 3.05) is 26.7 Å². The van der Waals surface area contributed by atoms with Crippen LogP contribution in [0.5, 0.6) is 5.75 Å². The van der Waals surface area contributed by atoms with E-state index < -0.39 is 0 Å². The zero-order valence-electron chi connectivity index (χ0n) is 10.2. The third-order valence-electron chi connectivity index (χ3n) is 2.30. The maximum absolute atomic E-state index is 12.1. The second-order valence-electron chi connectivity index (χ2n) is 3.62. The minimum atomic E-state index is -0.294. The molecule has 1 amide bonds. The van der Waals surface area contributed by atoms with Crippen LogP contribution in [-0.4, -0.2) is 38.7 Å². The van der Waals surface area contributed by atoms with Crippen molar-refractivity contribution in [2.45, 2.75) is 6.04 Å². The van der Waals surface area contributed by atoms with Crippen LogP contribution >= 0.6 is 23.2 Å². The molecule has 0 aliphatic heterocycles. The lowest BCUT2D eigenvalue weighted by Crippen LogP contribution is -2.39. The van der Waals surface area contributed by atoms with Crippen LogP contribution in [0.1, 0.15) is 10.4 Å². The van der Waals surface area contributed by atoms with Crippen LogP contribution in [0.15, 0.2) is 18.2 Å². The summed E-state index contributed by atoms with van der Waals surface area (Å²) in [5.74, 6) is 0.433. The molecule has 0 heterocycles. The first kappa shape index (κ1) is 15.1. The van der Waals surface area contributed by atoms with E-state index >= 15 is 0 Å². The average molecular weight is 292 g/mol. The summed E-state index contributed by atoms with van der Waals surface area (Å²) >= 11 is 11.6. The Balaban J connectivity index is 2.85. The first-order chi connectivity index (χ1) is 8.62. The highest BCUT2D eigenvalue weighted by molar-refractivity contribution is 6.31. The maximum atomic E-state index is 12.1. The number of halogens is 2. The molecular formula is C12H15Cl2NO3. The smallest absolute Gasteiger partial charge is 0.255 e. The van der Waals surface area contributed by atoms with Crippen LogP contribution in [-0.2, 0) is 4.74 Å². The van der Waals surface area contributed by atoms with Crippen molar-refractivity contribution < 1.29 is 14.3 Å². The quantitative estimate of drug-likeness (QED) is 0.819. The molecule has 0 bridgehead atoms. The summed E-state index contributed by atoms with van der Waals surface area (Å²) in [6.45, 7) is 0.345. The number of hydrogen-bond donors (Lipinski definition) is 1. The lowest BCUT2D eigenvalue weighted by Gasteiger charge is -2.16. The molecule has 18 heavy (non-hydrogen) atoms. The van der Waals surface area contributed by atoms with E-state index in [4.69, 9.17) is 32.7 Å². The van der Waals surface area contributed by atoms with Crippen LogP contribution in [0.4, 0.5) is 0 Å². The SMILES string of the molecule is COCC(CCl)NC(=O)c1cc(Cl)ccc1OC. The Morgan fingerprint density at radius 2 is 2.17 bits per heavy atom. The lowest BCUT2D eigenvalue weighted by molar-refractivity contribution is 0.0904. The number of carbonyl (C=O) groups is 1. The molecule has 1 aromatic rings. The molecule has 1 N–H and O–H groups in total. The van der Waals surface area contributed by atoms with Crippen molar-refractivity contribution in [3.63, 3.8) is 0 Å². The molecule has 1 rings (SSSR count). The molecule has 100 valence electrons. The fraction of sp³-hybridized carbons (Fsp3) is 0.417. The molecule has 0 aromatic heterocycles. The number of rotatable bonds is 6. The van der Waals surface area contributed by atoms with Gasteiger partial charge in [-0.2, -0.15) is 0 Å². The summed E-state index contributed by atoms with van der Waals surface area (Å²) in [6, 6.07) is 4.59. The second-order valence-corrected chi connectivity index (χ2v) is 4.37. The minimum absolute atomic E-state index is 0.257. The Morgan fingerprint density at radius 1 is 1.44 bits per heavy atom. The van der Waals surface area contributed by atoms with Gasteiger partial charge in [0, 0.05) is 18.0 Å². The summed E-state index contributed by atoms with van der Waals surface area (Å²) in [5, 5.41) is 3.22. The van der Waals surface area contributed by atoms with Crippen molar-refractivity contribution in [3.05, 3.63) is 28.8 Å². The summed E-state index contributed by atoms with van der Waals surface area (Å²) < 4.78 is 10.1. The Morgan fingerprint density at radius 3 is 2.72 bits per heavy atom. The van der Waals surface area contributed by atoms with Gasteiger partial charge in [-0.1, -0.05) is 11.6 Å². The molecule has 1 unspecified atom stereocenters. The molecule has 1 atom stereocenters. The third-order valence-corrected chi connectivity index (χ3v) is 2.90. The van der Waals surface area contributed by atoms with Crippen LogP contribution < -0.4 is 10.1 Å². The van der Waals surface area contributed by atoms with Gasteiger partial charge in [-0.3, -0.25) is 4.79 Å². The average Bonchev–Trinajstić information content (AvgIpc) is 2.38. The van der Waals surface area contributed by atoms with Gasteiger partial charge in [0.1, 0.15) is 5.75 Å². The Hall–Kier alpha value is -0.970. The predicted molar refractivity (Wildman–Crippen MR) is 71.9 cm³/mol. The number of alkyl halides is 1. The molecule has 0 saturated carbocycles. The highest BCUT2D eigenvalue weighted by Crippen LogP contribution is 2.22. The van der Waals surface area contributed by atoms with Crippen molar-refractivity contribution in [1.29, 1.82) is 0 Å². The summed E-state index contributed by atoms with van der Waals surface area (Å²) in [4.78, 5) is 12.1. The highest BCUT2D eigenvalue weighted by Gasteiger charge is 2.16. The van der Waals surface area contributed by atoms with Gasteiger partial charge in [-0.05, 0) is 18.2 Å². The van der Waals surface area contributed by atoms with Gasteiger partial charge in [0.15, 0.2) is 0 Å². The molecular weight excluding hydrogens is 277 g/mol. The van der Waals surface area contributed by atoms with Crippen LogP contribution in [0, 0.1) is 0 Å². The molecule has 0 radical (unpaired) electrons. The standard InChI is InChI=1S/C12H15Cl2NO3/c1-17-7-9(6-13)15-12(16)10-5-8(14)3-4-11(10)18-2/h3-5,9H,6-7H2,1-2H3,(H,15,16). The van der Waals surface area contributed by atoms with Crippen molar-refractivity contribution in [1.82, 2.24) is 5.32 Å². The highest BCUT2D eigenvalue weighted by atomic mass is 35.5. The Kier molecular flexibility index (Phi) is 6.25. The van der Waals surface area contributed by atoms with Gasteiger partial charge < -0.3 is 14.8 Å². The normalized spacial score (nSPS) is 12.0.